The molecule has 0 atom stereocenters. The Kier molecular flexibility index (Phi) is 5.99. The standard InChI is InChI=1S/C25H16N4O4/c30-26-21-9-1-17(2-10-21)25(18-3-11-22(27-31)12-4-18,19-5-13-23(28-32)14-6-19)20-7-15-24(29-33)16-8-20/h1-16H. The predicted octanol–water partition coefficient (Wildman–Crippen LogP) is 7.66. The highest BCUT2D eigenvalue weighted by molar-refractivity contribution is 5.63. The van der Waals surface area contributed by atoms with Crippen molar-refractivity contribution in [3.8, 4) is 0 Å². The molecule has 0 N–H and O–H groups in total. The van der Waals surface area contributed by atoms with E-state index in [0.717, 1.165) is 22.3 Å². The van der Waals surface area contributed by atoms with E-state index in [4.69, 9.17) is 0 Å². The fourth-order valence-corrected chi connectivity index (χ4v) is 4.09. The summed E-state index contributed by atoms with van der Waals surface area (Å²) in [6.07, 6.45) is 0. The highest BCUT2D eigenvalue weighted by Gasteiger charge is 2.38. The molecule has 0 spiro atoms. The second-order valence-electron chi connectivity index (χ2n) is 7.30. The Labute approximate surface area is 188 Å². The summed E-state index contributed by atoms with van der Waals surface area (Å²) in [7, 11) is 0. The minimum atomic E-state index is -0.939. The molecule has 8 heteroatoms. The van der Waals surface area contributed by atoms with E-state index >= 15 is 0 Å². The third kappa shape index (κ3) is 3.85. The minimum absolute atomic E-state index is 0.272. The van der Waals surface area contributed by atoms with Gasteiger partial charge in [-0.25, -0.2) is 0 Å². The zero-order chi connectivity index (χ0) is 23.3. The Morgan fingerprint density at radius 3 is 0.667 bits per heavy atom. The van der Waals surface area contributed by atoms with E-state index in [9.17, 15) is 19.6 Å². The molecule has 4 rings (SSSR count). The second-order valence-corrected chi connectivity index (χ2v) is 7.30. The molecule has 8 nitrogen and oxygen atoms in total. The molecule has 0 radical (unpaired) electrons. The Morgan fingerprint density at radius 2 is 0.515 bits per heavy atom. The summed E-state index contributed by atoms with van der Waals surface area (Å²) in [6, 6.07) is 27.2. The number of nitrogens with zero attached hydrogens (tertiary/aromatic N) is 4. The van der Waals surface area contributed by atoms with Gasteiger partial charge in [-0.3, -0.25) is 0 Å². The first-order valence-corrected chi connectivity index (χ1v) is 9.91. The first-order chi connectivity index (χ1) is 16.1. The van der Waals surface area contributed by atoms with E-state index in [0.29, 0.717) is 0 Å². The molecular weight excluding hydrogens is 420 g/mol. The summed E-state index contributed by atoms with van der Waals surface area (Å²) < 4.78 is 0. The van der Waals surface area contributed by atoms with Gasteiger partial charge in [0, 0.05) is 0 Å². The molecule has 0 aliphatic carbocycles. The quantitative estimate of drug-likeness (QED) is 0.208. The van der Waals surface area contributed by atoms with E-state index in [2.05, 4.69) is 20.7 Å². The van der Waals surface area contributed by atoms with Crippen LogP contribution >= 0.6 is 0 Å². The maximum Gasteiger partial charge on any atom is 0.108 e. The van der Waals surface area contributed by atoms with Gasteiger partial charge < -0.3 is 0 Å². The molecule has 160 valence electrons. The molecule has 0 aliphatic rings. The van der Waals surface area contributed by atoms with Crippen LogP contribution < -0.4 is 0 Å². The monoisotopic (exact) mass is 436 g/mol. The van der Waals surface area contributed by atoms with Crippen molar-refractivity contribution in [3.05, 3.63) is 139 Å². The van der Waals surface area contributed by atoms with Gasteiger partial charge >= 0.3 is 0 Å². The Bertz CT molecular complexity index is 1090. The van der Waals surface area contributed by atoms with E-state index in [-0.39, 0.29) is 22.7 Å². The van der Waals surface area contributed by atoms with E-state index in [1.54, 1.807) is 97.1 Å². The third-order valence-corrected chi connectivity index (χ3v) is 5.62. The van der Waals surface area contributed by atoms with Crippen LogP contribution in [0.25, 0.3) is 0 Å². The number of hydrogen-bond acceptors (Lipinski definition) is 8. The van der Waals surface area contributed by atoms with Crippen molar-refractivity contribution in [1.82, 2.24) is 0 Å². The zero-order valence-electron chi connectivity index (χ0n) is 17.2. The Hall–Kier alpha value is -4.72. The van der Waals surface area contributed by atoms with Crippen LogP contribution in [-0.4, -0.2) is 0 Å². The van der Waals surface area contributed by atoms with Crippen LogP contribution in [0.3, 0.4) is 0 Å². The Balaban J connectivity index is 2.09. The van der Waals surface area contributed by atoms with Crippen LogP contribution in [0.2, 0.25) is 0 Å². The zero-order valence-corrected chi connectivity index (χ0v) is 17.2. The highest BCUT2D eigenvalue weighted by Crippen LogP contribution is 2.46. The summed E-state index contributed by atoms with van der Waals surface area (Å²) in [5.74, 6) is 0. The van der Waals surface area contributed by atoms with Crippen LogP contribution in [0.4, 0.5) is 22.7 Å². The maximum absolute atomic E-state index is 11.0. The van der Waals surface area contributed by atoms with Crippen molar-refractivity contribution in [2.75, 3.05) is 0 Å². The van der Waals surface area contributed by atoms with Crippen LogP contribution in [-0.2, 0) is 5.41 Å². The van der Waals surface area contributed by atoms with Gasteiger partial charge in [-0.05, 0) is 91.5 Å². The van der Waals surface area contributed by atoms with Gasteiger partial charge in [0.05, 0.1) is 5.41 Å². The molecule has 0 heterocycles. The van der Waals surface area contributed by atoms with Crippen molar-refractivity contribution < 1.29 is 0 Å². The van der Waals surface area contributed by atoms with Crippen molar-refractivity contribution in [2.24, 2.45) is 20.7 Å². The van der Waals surface area contributed by atoms with Crippen molar-refractivity contribution >= 4 is 22.7 Å². The largest absolute Gasteiger partial charge is 0.145 e. The van der Waals surface area contributed by atoms with E-state index in [1.807, 2.05) is 0 Å². The summed E-state index contributed by atoms with van der Waals surface area (Å²) in [6.45, 7) is 0. The number of benzene rings is 4. The molecule has 0 aliphatic heterocycles. The Morgan fingerprint density at radius 1 is 0.333 bits per heavy atom. The molecule has 0 bridgehead atoms. The maximum atomic E-state index is 11.0. The summed E-state index contributed by atoms with van der Waals surface area (Å²) >= 11 is 0. The summed E-state index contributed by atoms with van der Waals surface area (Å²) in [5, 5.41) is 12.0. The molecule has 33 heavy (non-hydrogen) atoms. The average Bonchev–Trinajstić information content (AvgIpc) is 2.90. The molecule has 0 fully saturated rings. The molecular formula is C25H16N4O4. The minimum Gasteiger partial charge on any atom is -0.145 e. The first-order valence-electron chi connectivity index (χ1n) is 9.91. The van der Waals surface area contributed by atoms with Gasteiger partial charge in [0.25, 0.3) is 0 Å². The van der Waals surface area contributed by atoms with Crippen molar-refractivity contribution in [1.29, 1.82) is 0 Å². The van der Waals surface area contributed by atoms with Crippen molar-refractivity contribution in [2.45, 2.75) is 5.41 Å². The second kappa shape index (κ2) is 9.19. The number of hydrogen-bond donors (Lipinski definition) is 0. The molecule has 0 saturated carbocycles. The van der Waals surface area contributed by atoms with Crippen LogP contribution in [0.15, 0.2) is 118 Å². The molecule has 0 unspecified atom stereocenters. The van der Waals surface area contributed by atoms with Crippen LogP contribution in [0.5, 0.6) is 0 Å². The van der Waals surface area contributed by atoms with Gasteiger partial charge in [0.2, 0.25) is 0 Å². The number of rotatable bonds is 8. The van der Waals surface area contributed by atoms with E-state index < -0.39 is 5.41 Å². The van der Waals surface area contributed by atoms with Gasteiger partial charge in [0.15, 0.2) is 0 Å². The SMILES string of the molecule is O=Nc1ccc(C(c2ccc(N=O)cc2)(c2ccc(N=O)cc2)c2ccc(N=O)cc2)cc1. The van der Waals surface area contributed by atoms with Crippen LogP contribution in [0.1, 0.15) is 22.3 Å². The topological polar surface area (TPSA) is 118 Å². The normalized spacial score (nSPS) is 10.9. The summed E-state index contributed by atoms with van der Waals surface area (Å²) in [4.78, 5) is 44.1. The summed E-state index contributed by atoms with van der Waals surface area (Å²) in [5.41, 5.74) is 3.32. The van der Waals surface area contributed by atoms with Crippen molar-refractivity contribution in [3.63, 3.8) is 0 Å². The lowest BCUT2D eigenvalue weighted by atomic mass is 9.65. The predicted molar refractivity (Wildman–Crippen MR) is 127 cm³/mol. The lowest BCUT2D eigenvalue weighted by molar-refractivity contribution is 0.745. The molecule has 0 saturated heterocycles. The average molecular weight is 436 g/mol. The fourth-order valence-electron chi connectivity index (χ4n) is 4.09. The lowest BCUT2D eigenvalue weighted by Gasteiger charge is -2.37. The molecule has 4 aromatic rings. The molecule has 0 aromatic heterocycles. The number of nitroso groups, excluding NO2 is 4. The lowest BCUT2D eigenvalue weighted by Crippen LogP contribution is -2.30. The smallest absolute Gasteiger partial charge is 0.108 e. The van der Waals surface area contributed by atoms with Gasteiger partial charge in [-0.1, -0.05) is 48.5 Å². The van der Waals surface area contributed by atoms with Gasteiger partial charge in [-0.2, -0.15) is 0 Å². The first kappa shape index (κ1) is 21.5. The van der Waals surface area contributed by atoms with Gasteiger partial charge in [-0.15, -0.1) is 19.6 Å². The highest BCUT2D eigenvalue weighted by atomic mass is 16.3. The fraction of sp³-hybridized carbons (Fsp3) is 0.0400. The molecule has 4 aromatic carbocycles. The van der Waals surface area contributed by atoms with E-state index in [1.165, 1.54) is 0 Å². The molecule has 0 amide bonds. The third-order valence-electron chi connectivity index (χ3n) is 5.62. The van der Waals surface area contributed by atoms with Gasteiger partial charge in [0.1, 0.15) is 22.7 Å². The van der Waals surface area contributed by atoms with Crippen LogP contribution in [0, 0.1) is 19.6 Å².